The topological polar surface area (TPSA) is 49.7 Å². The Morgan fingerprint density at radius 1 is 0.974 bits per heavy atom. The van der Waals surface area contributed by atoms with Crippen molar-refractivity contribution in [1.29, 1.82) is 0 Å². The Balaban J connectivity index is 1.25. The summed E-state index contributed by atoms with van der Waals surface area (Å²) in [5.41, 5.74) is 4.39. The highest BCUT2D eigenvalue weighted by Gasteiger charge is 2.45. The smallest absolute Gasteiger partial charge is 0.316 e. The van der Waals surface area contributed by atoms with Crippen LogP contribution in [-0.2, 0) is 32.3 Å². The van der Waals surface area contributed by atoms with Crippen LogP contribution in [0.3, 0.4) is 0 Å². The lowest BCUT2D eigenvalue weighted by Gasteiger charge is -2.40. The fourth-order valence-electron chi connectivity index (χ4n) is 5.60. The molecule has 0 saturated carbocycles. The number of para-hydroxylation sites is 1. The number of ether oxygens (including phenoxy) is 3. The number of carbonyl (C=O) groups is 1. The summed E-state index contributed by atoms with van der Waals surface area (Å²) in [5.74, 6) is -0.605. The normalized spacial score (nSPS) is 21.2. The van der Waals surface area contributed by atoms with Gasteiger partial charge < -0.3 is 18.8 Å². The molecule has 2 bridgehead atoms. The summed E-state index contributed by atoms with van der Waals surface area (Å²) in [5, 5.41) is 3.54. The zero-order chi connectivity index (χ0) is 26.3. The third kappa shape index (κ3) is 4.96. The molecule has 5 nitrogen and oxygen atoms in total. The molecule has 0 amide bonds. The predicted molar refractivity (Wildman–Crippen MR) is 155 cm³/mol. The van der Waals surface area contributed by atoms with Gasteiger partial charge in [0.05, 0.1) is 23.9 Å². The van der Waals surface area contributed by atoms with Crippen LogP contribution < -0.4 is 0 Å². The first-order valence-electron chi connectivity index (χ1n) is 13.5. The minimum Gasteiger partial charge on any atom is -0.457 e. The third-order valence-corrected chi connectivity index (χ3v) is 9.44. The van der Waals surface area contributed by atoms with Gasteiger partial charge in [-0.2, -0.15) is 0 Å². The molecule has 1 aromatic heterocycles. The zero-order valence-electron chi connectivity index (χ0n) is 22.4. The number of hydrogen-bond donors (Lipinski definition) is 0. The fourth-order valence-corrected chi connectivity index (χ4v) is 6.36. The molecule has 7 rings (SSSR count). The molecule has 4 aromatic rings. The molecule has 3 atom stereocenters. The van der Waals surface area contributed by atoms with Crippen molar-refractivity contribution in [3.8, 4) is 0 Å². The number of carbonyl (C=O) groups excluding carboxylic acids is 1. The van der Waals surface area contributed by atoms with Crippen molar-refractivity contribution >= 4 is 41.3 Å². The Hall–Kier alpha value is -3.19. The van der Waals surface area contributed by atoms with Gasteiger partial charge in [0.1, 0.15) is 18.8 Å². The summed E-state index contributed by atoms with van der Waals surface area (Å²) in [4.78, 5) is 12.9. The maximum Gasteiger partial charge on any atom is 0.316 e. The molecule has 2 aliphatic heterocycles. The molecule has 3 heterocycles. The van der Waals surface area contributed by atoms with E-state index in [4.69, 9.17) is 14.2 Å². The first-order chi connectivity index (χ1) is 18.4. The van der Waals surface area contributed by atoms with Crippen molar-refractivity contribution in [2.24, 2.45) is 5.92 Å². The van der Waals surface area contributed by atoms with E-state index in [1.165, 1.54) is 10.8 Å². The Labute approximate surface area is 225 Å². The molecule has 1 aliphatic carbocycles. The van der Waals surface area contributed by atoms with Gasteiger partial charge in [0.25, 0.3) is 0 Å². The van der Waals surface area contributed by atoms with E-state index in [9.17, 15) is 4.79 Å². The van der Waals surface area contributed by atoms with Crippen molar-refractivity contribution < 1.29 is 19.0 Å². The molecule has 1 fully saturated rings. The summed E-state index contributed by atoms with van der Waals surface area (Å²) in [6.45, 7) is 8.80. The molecule has 1 saturated heterocycles. The van der Waals surface area contributed by atoms with E-state index in [-0.39, 0.29) is 18.2 Å². The number of hydrogen-bond acceptors (Lipinski definition) is 4. The molecule has 196 valence electrons. The van der Waals surface area contributed by atoms with Gasteiger partial charge in [0.2, 0.25) is 0 Å². The molecule has 6 heteroatoms. The fraction of sp³-hybridized carbons (Fsp3) is 0.344. The number of fused-ring (bicyclic) bond motifs is 4. The second-order valence-corrected chi connectivity index (χ2v) is 17.3. The van der Waals surface area contributed by atoms with Crippen LogP contribution in [0.5, 0.6) is 0 Å². The van der Waals surface area contributed by atoms with Crippen LogP contribution >= 0.6 is 0 Å². The monoisotopic (exact) mass is 525 g/mol. The lowest BCUT2D eigenvalue weighted by molar-refractivity contribution is -0.168. The molecular weight excluding hydrogens is 490 g/mol. The van der Waals surface area contributed by atoms with Crippen molar-refractivity contribution in [2.75, 3.05) is 6.61 Å². The van der Waals surface area contributed by atoms with Crippen molar-refractivity contribution in [3.63, 3.8) is 0 Å². The quantitative estimate of drug-likeness (QED) is 0.134. The average molecular weight is 526 g/mol. The van der Waals surface area contributed by atoms with E-state index in [1.807, 2.05) is 6.07 Å². The molecule has 38 heavy (non-hydrogen) atoms. The number of esters is 1. The lowest BCUT2D eigenvalue weighted by atomic mass is 9.81. The minimum atomic E-state index is -1.17. The summed E-state index contributed by atoms with van der Waals surface area (Å²) < 4.78 is 20.7. The molecule has 0 N–H and O–H groups in total. The van der Waals surface area contributed by atoms with Crippen LogP contribution in [0.2, 0.25) is 25.7 Å². The lowest BCUT2D eigenvalue weighted by Crippen LogP contribution is -2.46. The largest absolute Gasteiger partial charge is 0.457 e. The van der Waals surface area contributed by atoms with E-state index in [0.717, 1.165) is 40.4 Å². The number of nitrogens with zero attached hydrogens (tertiary/aromatic N) is 1. The predicted octanol–water partition coefficient (Wildman–Crippen LogP) is 7.02. The number of rotatable bonds is 9. The van der Waals surface area contributed by atoms with E-state index in [0.29, 0.717) is 19.8 Å². The van der Waals surface area contributed by atoms with E-state index >= 15 is 0 Å². The zero-order valence-corrected chi connectivity index (χ0v) is 23.4. The highest BCUT2D eigenvalue weighted by atomic mass is 28.3. The highest BCUT2D eigenvalue weighted by Crippen LogP contribution is 2.41. The van der Waals surface area contributed by atoms with Gasteiger partial charge in [0, 0.05) is 32.1 Å². The average Bonchev–Trinajstić information content (AvgIpc) is 3.27. The van der Waals surface area contributed by atoms with Crippen molar-refractivity contribution in [2.45, 2.75) is 57.7 Å². The van der Waals surface area contributed by atoms with Gasteiger partial charge in [0.15, 0.2) is 0 Å². The van der Waals surface area contributed by atoms with Gasteiger partial charge in [-0.15, -0.1) is 0 Å². The highest BCUT2D eigenvalue weighted by molar-refractivity contribution is 6.76. The van der Waals surface area contributed by atoms with E-state index in [2.05, 4.69) is 97.0 Å². The first kappa shape index (κ1) is 25.1. The summed E-state index contributed by atoms with van der Waals surface area (Å²) >= 11 is 0. The van der Waals surface area contributed by atoms with E-state index in [1.54, 1.807) is 0 Å². The molecule has 0 radical (unpaired) electrons. The van der Waals surface area contributed by atoms with Gasteiger partial charge in [-0.05, 0) is 34.5 Å². The molecular formula is C32H35NO4Si. The Morgan fingerprint density at radius 3 is 2.55 bits per heavy atom. The summed E-state index contributed by atoms with van der Waals surface area (Å²) in [6.07, 6.45) is 2.22. The van der Waals surface area contributed by atoms with Crippen LogP contribution in [0.1, 0.15) is 17.7 Å². The standard InChI is InChI=1S/C32H35NO4Si/c1-38(2,3)16-15-35-21-33-28-14-7-5-10-23(28)17-29(33)26-18-27-30(19-31(26)37-32(27)34)36-20-24-12-8-11-22-9-4-6-13-25(22)24/h4-14,17-18,27,30-31H,15-16,19-21H2,1-3H3/t27?,30-,31?/m1/s1. The van der Waals surface area contributed by atoms with Gasteiger partial charge in [-0.3, -0.25) is 4.79 Å². The molecule has 2 unspecified atom stereocenters. The first-order valence-corrected chi connectivity index (χ1v) is 17.2. The van der Waals surface area contributed by atoms with Crippen LogP contribution in [0.15, 0.2) is 78.9 Å². The van der Waals surface area contributed by atoms with Crippen molar-refractivity contribution in [1.82, 2.24) is 4.57 Å². The summed E-state index contributed by atoms with van der Waals surface area (Å²) in [6, 6.07) is 26.3. The Kier molecular flexibility index (Phi) is 6.72. The Morgan fingerprint density at radius 2 is 1.74 bits per heavy atom. The van der Waals surface area contributed by atoms with Gasteiger partial charge in [-0.25, -0.2) is 0 Å². The van der Waals surface area contributed by atoms with Gasteiger partial charge in [-0.1, -0.05) is 86.4 Å². The third-order valence-electron chi connectivity index (χ3n) is 7.74. The summed E-state index contributed by atoms with van der Waals surface area (Å²) in [7, 11) is -1.17. The van der Waals surface area contributed by atoms with Crippen LogP contribution in [-0.4, -0.2) is 37.4 Å². The van der Waals surface area contributed by atoms with E-state index < -0.39 is 14.0 Å². The maximum absolute atomic E-state index is 12.9. The SMILES string of the molecule is C[Si](C)(C)CCOCn1c(C2=CC3C(=O)OC2C[C@H]3OCc2cccc3ccccc23)cc2ccccc21. The molecule has 3 aromatic carbocycles. The molecule has 0 spiro atoms. The van der Waals surface area contributed by atoms with Gasteiger partial charge >= 0.3 is 5.97 Å². The maximum atomic E-state index is 12.9. The number of benzene rings is 3. The van der Waals surface area contributed by atoms with Crippen molar-refractivity contribution in [3.05, 3.63) is 90.1 Å². The Bertz CT molecular complexity index is 1510. The van der Waals surface area contributed by atoms with Crippen LogP contribution in [0.4, 0.5) is 0 Å². The van der Waals surface area contributed by atoms with Crippen LogP contribution in [0.25, 0.3) is 27.2 Å². The number of aromatic nitrogens is 1. The second-order valence-electron chi connectivity index (χ2n) is 11.7. The molecule has 3 aliphatic rings. The second kappa shape index (κ2) is 10.2. The minimum absolute atomic E-state index is 0.193. The van der Waals surface area contributed by atoms with Crippen LogP contribution in [0, 0.1) is 5.92 Å².